The average molecular weight is 362 g/mol. The van der Waals surface area contributed by atoms with Crippen LogP contribution in [0.2, 0.25) is 0 Å². The van der Waals surface area contributed by atoms with Crippen LogP contribution in [0.15, 0.2) is 21.9 Å². The molecule has 3 rings (SSSR count). The van der Waals surface area contributed by atoms with Crippen molar-refractivity contribution in [3.8, 4) is 0 Å². The average Bonchev–Trinajstić information content (AvgIpc) is 2.69. The minimum absolute atomic E-state index is 0.126. The van der Waals surface area contributed by atoms with Crippen molar-refractivity contribution in [3.05, 3.63) is 33.1 Å². The van der Waals surface area contributed by atoms with E-state index in [0.29, 0.717) is 0 Å². The maximum Gasteiger partial charge on any atom is 0.475 e. The van der Waals surface area contributed by atoms with Gasteiger partial charge in [-0.15, -0.1) is 0 Å². The third-order valence-electron chi connectivity index (χ3n) is 3.80. The van der Waals surface area contributed by atoms with E-state index >= 15 is 0 Å². The number of H-pyrrole nitrogens is 1. The molecule has 2 saturated heterocycles. The number of ether oxygens (including phenoxy) is 1. The quantitative estimate of drug-likeness (QED) is 0.726. The Morgan fingerprint density at radius 1 is 1.50 bits per heavy atom. The molecular formula is C13H19N2O8P. The molecule has 2 fully saturated rings. The maximum atomic E-state index is 12.5. The van der Waals surface area contributed by atoms with Crippen molar-refractivity contribution < 1.29 is 28.0 Å². The third-order valence-corrected chi connectivity index (χ3v) is 5.43. The zero-order valence-corrected chi connectivity index (χ0v) is 14.3. The Hall–Kier alpha value is -1.29. The molecule has 0 saturated carbocycles. The number of rotatable bonds is 3. The van der Waals surface area contributed by atoms with E-state index in [0.717, 1.165) is 10.6 Å². The number of hydrogen-bond donors (Lipinski definition) is 2. The molecule has 134 valence electrons. The van der Waals surface area contributed by atoms with Crippen molar-refractivity contribution in [2.75, 3.05) is 6.61 Å². The number of nitrogens with zero attached hydrogens (tertiary/aromatic N) is 1. The number of aliphatic hydroxyl groups is 1. The van der Waals surface area contributed by atoms with E-state index in [2.05, 4.69) is 4.98 Å². The van der Waals surface area contributed by atoms with Crippen molar-refractivity contribution in [3.63, 3.8) is 0 Å². The second-order valence-corrected chi connectivity index (χ2v) is 7.77. The predicted octanol–water partition coefficient (Wildman–Crippen LogP) is 0.133. The van der Waals surface area contributed by atoms with E-state index in [-0.39, 0.29) is 6.61 Å². The second kappa shape index (κ2) is 5.91. The SMILES string of the molecule is CC(C)OP1(=O)OC[C@H]2O[C@@H](n3ccc(=O)[nH]c3=O)[C@](C)(O)[C@@H]2O1. The van der Waals surface area contributed by atoms with Crippen molar-refractivity contribution >= 4 is 7.82 Å². The highest BCUT2D eigenvalue weighted by molar-refractivity contribution is 7.48. The van der Waals surface area contributed by atoms with Crippen LogP contribution in [-0.4, -0.2) is 45.2 Å². The number of aromatic nitrogens is 2. The van der Waals surface area contributed by atoms with Gasteiger partial charge < -0.3 is 9.84 Å². The molecule has 11 heteroatoms. The van der Waals surface area contributed by atoms with Gasteiger partial charge in [-0.05, 0) is 20.8 Å². The van der Waals surface area contributed by atoms with Gasteiger partial charge in [0.15, 0.2) is 6.23 Å². The lowest BCUT2D eigenvalue weighted by Gasteiger charge is -2.35. The van der Waals surface area contributed by atoms with E-state index in [1.807, 2.05) is 0 Å². The first-order valence-electron chi connectivity index (χ1n) is 7.43. The summed E-state index contributed by atoms with van der Waals surface area (Å²) in [6, 6.07) is 1.13. The summed E-state index contributed by atoms with van der Waals surface area (Å²) in [6.07, 6.45) is -2.12. The van der Waals surface area contributed by atoms with Crippen molar-refractivity contribution in [2.24, 2.45) is 0 Å². The molecule has 2 aliphatic heterocycles. The Bertz CT molecular complexity index is 785. The third kappa shape index (κ3) is 3.01. The molecule has 0 aliphatic carbocycles. The Morgan fingerprint density at radius 3 is 2.83 bits per heavy atom. The van der Waals surface area contributed by atoms with Gasteiger partial charge in [0.2, 0.25) is 0 Å². The minimum Gasteiger partial charge on any atom is -0.383 e. The Morgan fingerprint density at radius 2 is 2.21 bits per heavy atom. The summed E-state index contributed by atoms with van der Waals surface area (Å²) in [7, 11) is -3.84. The first kappa shape index (κ1) is 17.5. The van der Waals surface area contributed by atoms with Gasteiger partial charge in [-0.25, -0.2) is 9.36 Å². The summed E-state index contributed by atoms with van der Waals surface area (Å²) in [5, 5.41) is 10.8. The molecule has 2 aliphatic rings. The molecule has 3 heterocycles. The van der Waals surface area contributed by atoms with Gasteiger partial charge in [-0.1, -0.05) is 0 Å². The van der Waals surface area contributed by atoms with Crippen molar-refractivity contribution in [1.82, 2.24) is 9.55 Å². The van der Waals surface area contributed by atoms with Gasteiger partial charge in [0.05, 0.1) is 12.7 Å². The van der Waals surface area contributed by atoms with Crippen molar-refractivity contribution in [1.29, 1.82) is 0 Å². The van der Waals surface area contributed by atoms with Crippen LogP contribution in [-0.2, 0) is 22.9 Å². The Kier molecular flexibility index (Phi) is 4.31. The first-order chi connectivity index (χ1) is 11.1. The molecule has 0 radical (unpaired) electrons. The highest BCUT2D eigenvalue weighted by atomic mass is 31.2. The molecule has 1 unspecified atom stereocenters. The zero-order chi connectivity index (χ0) is 17.7. The summed E-state index contributed by atoms with van der Waals surface area (Å²) in [4.78, 5) is 25.2. The Labute approximate surface area is 136 Å². The fraction of sp³-hybridized carbons (Fsp3) is 0.692. The molecule has 0 aromatic carbocycles. The Balaban J connectivity index is 1.91. The van der Waals surface area contributed by atoms with E-state index in [9.17, 15) is 19.3 Å². The molecule has 1 aromatic heterocycles. The van der Waals surface area contributed by atoms with Crippen LogP contribution in [0.3, 0.4) is 0 Å². The van der Waals surface area contributed by atoms with E-state index in [1.54, 1.807) is 13.8 Å². The minimum atomic E-state index is -3.84. The standard InChI is InChI=1S/C13H19N2O8P/c1-7(2)22-24(19)20-6-8-10(23-24)13(3,18)11(21-8)15-5-4-9(16)14-12(15)17/h4-5,7-8,10-11,18H,6H2,1-3H3,(H,14,16,17)/t8-,10-,11-,13-,24?/m1/s1. The highest BCUT2D eigenvalue weighted by Crippen LogP contribution is 2.59. The number of nitrogens with one attached hydrogen (secondary N) is 1. The molecule has 1 aromatic rings. The smallest absolute Gasteiger partial charge is 0.383 e. The molecule has 0 bridgehead atoms. The number of fused-ring (bicyclic) bond motifs is 1. The van der Waals surface area contributed by atoms with Gasteiger partial charge in [0, 0.05) is 12.3 Å². The van der Waals surface area contributed by atoms with Crippen LogP contribution in [0.5, 0.6) is 0 Å². The summed E-state index contributed by atoms with van der Waals surface area (Å²) >= 11 is 0. The normalized spacial score (nSPS) is 39.1. The van der Waals surface area contributed by atoms with E-state index in [4.69, 9.17) is 18.3 Å². The van der Waals surface area contributed by atoms with Crippen LogP contribution in [0.1, 0.15) is 27.0 Å². The van der Waals surface area contributed by atoms with Crippen LogP contribution in [0.25, 0.3) is 0 Å². The van der Waals surface area contributed by atoms with Crippen molar-refractivity contribution in [2.45, 2.75) is 50.9 Å². The monoisotopic (exact) mass is 362 g/mol. The first-order valence-corrected chi connectivity index (χ1v) is 8.89. The van der Waals surface area contributed by atoms with E-state index < -0.39 is 49.2 Å². The molecule has 0 amide bonds. The molecule has 0 spiro atoms. The largest absolute Gasteiger partial charge is 0.475 e. The van der Waals surface area contributed by atoms with Crippen LogP contribution >= 0.6 is 7.82 Å². The number of aromatic amines is 1. The summed E-state index contributed by atoms with van der Waals surface area (Å²) < 4.78 is 34.9. The second-order valence-electron chi connectivity index (χ2n) is 6.19. The fourth-order valence-electron chi connectivity index (χ4n) is 2.80. The number of hydrogen-bond acceptors (Lipinski definition) is 8. The molecule has 24 heavy (non-hydrogen) atoms. The van der Waals surface area contributed by atoms with Crippen LogP contribution < -0.4 is 11.2 Å². The van der Waals surface area contributed by atoms with Gasteiger partial charge in [0.25, 0.3) is 5.56 Å². The lowest BCUT2D eigenvalue weighted by Crippen LogP contribution is -2.49. The number of phosphoric acid groups is 1. The topological polar surface area (TPSA) is 129 Å². The number of phosphoric ester groups is 1. The molecular weight excluding hydrogens is 343 g/mol. The van der Waals surface area contributed by atoms with Gasteiger partial charge in [-0.2, -0.15) is 0 Å². The summed E-state index contributed by atoms with van der Waals surface area (Å²) in [5.41, 5.74) is -3.01. The highest BCUT2D eigenvalue weighted by Gasteiger charge is 2.60. The lowest BCUT2D eigenvalue weighted by molar-refractivity contribution is -0.0946. The maximum absolute atomic E-state index is 12.5. The molecule has 5 atom stereocenters. The predicted molar refractivity (Wildman–Crippen MR) is 80.5 cm³/mol. The van der Waals surface area contributed by atoms with Gasteiger partial charge in [-0.3, -0.25) is 27.9 Å². The van der Waals surface area contributed by atoms with E-state index in [1.165, 1.54) is 13.1 Å². The molecule has 2 N–H and O–H groups in total. The molecule has 10 nitrogen and oxygen atoms in total. The fourth-order valence-corrected chi connectivity index (χ4v) is 4.44. The summed E-state index contributed by atoms with van der Waals surface area (Å²) in [6.45, 7) is 4.61. The van der Waals surface area contributed by atoms with Crippen LogP contribution in [0, 0.1) is 0 Å². The van der Waals surface area contributed by atoms with Crippen LogP contribution in [0.4, 0.5) is 0 Å². The summed E-state index contributed by atoms with van der Waals surface area (Å²) in [5.74, 6) is 0. The lowest BCUT2D eigenvalue weighted by atomic mass is 9.96. The zero-order valence-electron chi connectivity index (χ0n) is 13.4. The van der Waals surface area contributed by atoms with Gasteiger partial charge >= 0.3 is 13.5 Å². The van der Waals surface area contributed by atoms with Gasteiger partial charge in [0.1, 0.15) is 17.8 Å².